The topological polar surface area (TPSA) is 59.1 Å². The molecule has 3 fully saturated rings. The van der Waals surface area contributed by atoms with E-state index in [9.17, 15) is 27.2 Å². The lowest BCUT2D eigenvalue weighted by Crippen LogP contribution is -2.61. The first-order valence-corrected chi connectivity index (χ1v) is 9.85. The molecule has 4 rings (SSSR count). The minimum atomic E-state index is -4.60. The fourth-order valence-corrected chi connectivity index (χ4v) is 4.10. The number of alkyl halides is 3. The summed E-state index contributed by atoms with van der Waals surface area (Å²) in [6.45, 7) is 1.70. The molecule has 6 nitrogen and oxygen atoms in total. The SMILES string of the molecule is O=C1CO[C@@H]2CCN(C(=O)N3CC(OCc4ccc(C(F)(F)F)cc4F)C3)C[C@H]2C1. The van der Waals surface area contributed by atoms with Crippen molar-refractivity contribution in [1.29, 1.82) is 0 Å². The summed E-state index contributed by atoms with van der Waals surface area (Å²) in [6.07, 6.45) is -3.74. The third-order valence-electron chi connectivity index (χ3n) is 5.86. The van der Waals surface area contributed by atoms with Gasteiger partial charge < -0.3 is 19.3 Å². The van der Waals surface area contributed by atoms with Gasteiger partial charge in [-0.2, -0.15) is 13.2 Å². The molecule has 0 unspecified atom stereocenters. The maximum Gasteiger partial charge on any atom is 0.416 e. The Morgan fingerprint density at radius 1 is 1.20 bits per heavy atom. The molecule has 0 aliphatic carbocycles. The number of hydrogen-bond donors (Lipinski definition) is 0. The van der Waals surface area contributed by atoms with Gasteiger partial charge in [-0.15, -0.1) is 0 Å². The van der Waals surface area contributed by atoms with Crippen LogP contribution in [-0.2, 0) is 27.1 Å². The average molecular weight is 430 g/mol. The highest BCUT2D eigenvalue weighted by Gasteiger charge is 2.40. The summed E-state index contributed by atoms with van der Waals surface area (Å²) < 4.78 is 62.7. The van der Waals surface area contributed by atoms with Crippen molar-refractivity contribution in [3.05, 3.63) is 35.1 Å². The van der Waals surface area contributed by atoms with E-state index in [2.05, 4.69) is 0 Å². The first-order chi connectivity index (χ1) is 14.2. The van der Waals surface area contributed by atoms with E-state index >= 15 is 0 Å². The fourth-order valence-electron chi connectivity index (χ4n) is 4.10. The first-order valence-electron chi connectivity index (χ1n) is 9.85. The Morgan fingerprint density at radius 2 is 1.97 bits per heavy atom. The van der Waals surface area contributed by atoms with E-state index in [4.69, 9.17) is 9.47 Å². The Morgan fingerprint density at radius 3 is 2.67 bits per heavy atom. The number of Topliss-reactive ketones (excluding diaryl/α,β-unsaturated/α-hetero) is 1. The molecule has 0 spiro atoms. The Hall–Kier alpha value is -2.20. The van der Waals surface area contributed by atoms with E-state index in [-0.39, 0.29) is 48.7 Å². The summed E-state index contributed by atoms with van der Waals surface area (Å²) >= 11 is 0. The minimum absolute atomic E-state index is 0.0258. The van der Waals surface area contributed by atoms with Gasteiger partial charge in [-0.3, -0.25) is 4.79 Å². The predicted molar refractivity (Wildman–Crippen MR) is 96.0 cm³/mol. The summed E-state index contributed by atoms with van der Waals surface area (Å²) in [5, 5.41) is 0. The van der Waals surface area contributed by atoms with Crippen LogP contribution < -0.4 is 0 Å². The second kappa shape index (κ2) is 8.14. The molecule has 0 bridgehead atoms. The van der Waals surface area contributed by atoms with E-state index in [0.29, 0.717) is 45.1 Å². The number of piperidine rings is 1. The molecule has 0 saturated carbocycles. The van der Waals surface area contributed by atoms with E-state index in [1.807, 2.05) is 0 Å². The number of rotatable bonds is 3. The summed E-state index contributed by atoms with van der Waals surface area (Å²) in [7, 11) is 0. The number of ketones is 1. The first kappa shape index (κ1) is 21.0. The Bertz CT molecular complexity index is 826. The van der Waals surface area contributed by atoms with Gasteiger partial charge in [0, 0.05) is 31.0 Å². The lowest BCUT2D eigenvalue weighted by atomic mass is 9.88. The smallest absolute Gasteiger partial charge is 0.370 e. The Labute approximate surface area is 170 Å². The summed E-state index contributed by atoms with van der Waals surface area (Å²) in [6, 6.07) is 2.21. The van der Waals surface area contributed by atoms with E-state index < -0.39 is 17.6 Å². The van der Waals surface area contributed by atoms with Crippen LogP contribution in [-0.4, -0.2) is 66.6 Å². The highest BCUT2D eigenvalue weighted by Crippen LogP contribution is 2.31. The van der Waals surface area contributed by atoms with Crippen molar-refractivity contribution in [2.75, 3.05) is 32.8 Å². The van der Waals surface area contributed by atoms with Crippen LogP contribution in [0.25, 0.3) is 0 Å². The highest BCUT2D eigenvalue weighted by atomic mass is 19.4. The van der Waals surface area contributed by atoms with Crippen molar-refractivity contribution in [3.63, 3.8) is 0 Å². The number of carbonyl (C=O) groups excluding carboxylic acids is 2. The van der Waals surface area contributed by atoms with Crippen molar-refractivity contribution in [1.82, 2.24) is 9.80 Å². The third kappa shape index (κ3) is 4.44. The Balaban J connectivity index is 1.23. The molecule has 10 heteroatoms. The van der Waals surface area contributed by atoms with Crippen LogP contribution in [0.5, 0.6) is 0 Å². The van der Waals surface area contributed by atoms with E-state index in [0.717, 1.165) is 12.1 Å². The number of carbonyl (C=O) groups is 2. The summed E-state index contributed by atoms with van der Waals surface area (Å²) in [5.74, 6) is -0.886. The highest BCUT2D eigenvalue weighted by molar-refractivity contribution is 5.81. The van der Waals surface area contributed by atoms with E-state index in [1.54, 1.807) is 9.80 Å². The van der Waals surface area contributed by atoms with E-state index in [1.165, 1.54) is 0 Å². The third-order valence-corrected chi connectivity index (χ3v) is 5.86. The molecular formula is C20H22F4N2O4. The summed E-state index contributed by atoms with van der Waals surface area (Å²) in [4.78, 5) is 27.6. The number of urea groups is 1. The van der Waals surface area contributed by atoms with Gasteiger partial charge in [0.2, 0.25) is 0 Å². The summed E-state index contributed by atoms with van der Waals surface area (Å²) in [5.41, 5.74) is -1.00. The van der Waals surface area contributed by atoms with Gasteiger partial charge in [-0.05, 0) is 18.6 Å². The second-order valence-corrected chi connectivity index (χ2v) is 8.01. The number of likely N-dealkylation sites (tertiary alicyclic amines) is 2. The Kier molecular flexibility index (Phi) is 5.71. The number of nitrogens with zero attached hydrogens (tertiary/aromatic N) is 2. The lowest BCUT2D eigenvalue weighted by molar-refractivity contribution is -0.140. The number of fused-ring (bicyclic) bond motifs is 1. The van der Waals surface area contributed by atoms with Crippen LogP contribution in [0.4, 0.5) is 22.4 Å². The quantitative estimate of drug-likeness (QED) is 0.692. The zero-order chi connectivity index (χ0) is 21.5. The van der Waals surface area contributed by atoms with Crippen LogP contribution in [0.3, 0.4) is 0 Å². The molecule has 3 saturated heterocycles. The van der Waals surface area contributed by atoms with Crippen LogP contribution in [0.1, 0.15) is 24.0 Å². The zero-order valence-corrected chi connectivity index (χ0v) is 16.2. The van der Waals surface area contributed by atoms with Gasteiger partial charge in [0.15, 0.2) is 5.78 Å². The average Bonchev–Trinajstić information content (AvgIpc) is 2.66. The number of benzene rings is 1. The number of amides is 2. The van der Waals surface area contributed by atoms with Crippen LogP contribution in [0, 0.1) is 11.7 Å². The fraction of sp³-hybridized carbons (Fsp3) is 0.600. The molecule has 3 heterocycles. The van der Waals surface area contributed by atoms with Gasteiger partial charge in [-0.1, -0.05) is 6.07 Å². The van der Waals surface area contributed by atoms with Gasteiger partial charge in [0.1, 0.15) is 12.4 Å². The number of ether oxygens (including phenoxy) is 2. The van der Waals surface area contributed by atoms with Gasteiger partial charge in [-0.25, -0.2) is 9.18 Å². The van der Waals surface area contributed by atoms with Gasteiger partial charge in [0.25, 0.3) is 0 Å². The monoisotopic (exact) mass is 430 g/mol. The standard InChI is InChI=1S/C20H22F4N2O4/c21-17-6-14(20(22,23)24)2-1-12(17)10-29-16-8-26(9-16)19(28)25-4-3-18-13(7-25)5-15(27)11-30-18/h1-2,6,13,16,18H,3-5,7-11H2/t13-,18-/m1/s1. The number of halogens is 4. The van der Waals surface area contributed by atoms with Crippen molar-refractivity contribution >= 4 is 11.8 Å². The molecule has 30 heavy (non-hydrogen) atoms. The molecule has 164 valence electrons. The number of hydrogen-bond acceptors (Lipinski definition) is 4. The molecule has 0 aromatic heterocycles. The molecule has 1 aromatic carbocycles. The molecule has 2 atom stereocenters. The molecule has 2 amide bonds. The van der Waals surface area contributed by atoms with Crippen LogP contribution in [0.2, 0.25) is 0 Å². The lowest BCUT2D eigenvalue weighted by Gasteiger charge is -2.45. The van der Waals surface area contributed by atoms with Crippen molar-refractivity contribution < 1.29 is 36.6 Å². The molecule has 3 aliphatic heterocycles. The van der Waals surface area contributed by atoms with Gasteiger partial charge >= 0.3 is 12.2 Å². The second-order valence-electron chi connectivity index (χ2n) is 8.01. The molecular weight excluding hydrogens is 408 g/mol. The predicted octanol–water partition coefficient (Wildman–Crippen LogP) is 2.85. The van der Waals surface area contributed by atoms with Crippen LogP contribution >= 0.6 is 0 Å². The molecule has 0 N–H and O–H groups in total. The molecule has 3 aliphatic rings. The minimum Gasteiger partial charge on any atom is -0.370 e. The molecule has 0 radical (unpaired) electrons. The molecule has 1 aromatic rings. The maximum absolute atomic E-state index is 13.9. The van der Waals surface area contributed by atoms with Crippen molar-refractivity contribution in [2.45, 2.75) is 37.8 Å². The van der Waals surface area contributed by atoms with Crippen LogP contribution in [0.15, 0.2) is 18.2 Å². The normalized spacial score (nSPS) is 25.1. The van der Waals surface area contributed by atoms with Gasteiger partial charge in [0.05, 0.1) is 37.5 Å². The largest absolute Gasteiger partial charge is 0.416 e. The maximum atomic E-state index is 13.9. The van der Waals surface area contributed by atoms with Crippen molar-refractivity contribution in [2.24, 2.45) is 5.92 Å². The van der Waals surface area contributed by atoms with Crippen molar-refractivity contribution in [3.8, 4) is 0 Å². The zero-order valence-electron chi connectivity index (χ0n) is 16.2.